The van der Waals surface area contributed by atoms with Gasteiger partial charge in [0.25, 0.3) is 0 Å². The lowest BCUT2D eigenvalue weighted by Gasteiger charge is -2.30. The maximum Gasteiger partial charge on any atom is 0.165 e. The zero-order chi connectivity index (χ0) is 11.5. The summed E-state index contributed by atoms with van der Waals surface area (Å²) in [7, 11) is 0. The molecule has 0 saturated carbocycles. The van der Waals surface area contributed by atoms with E-state index in [0.717, 1.165) is 17.2 Å². The van der Waals surface area contributed by atoms with Crippen molar-refractivity contribution in [2.75, 3.05) is 6.26 Å². The Labute approximate surface area is 100 Å². The molecule has 1 unspecified atom stereocenters. The van der Waals surface area contributed by atoms with Crippen LogP contribution >= 0.6 is 11.9 Å². The van der Waals surface area contributed by atoms with Gasteiger partial charge in [-0.25, -0.2) is 4.99 Å². The second-order valence-corrected chi connectivity index (χ2v) is 4.47. The van der Waals surface area contributed by atoms with Gasteiger partial charge in [-0.05, 0) is 32.1 Å². The topological polar surface area (TPSA) is 28.5 Å². The highest BCUT2D eigenvalue weighted by Gasteiger charge is 2.22. The highest BCUT2D eigenvalue weighted by Crippen LogP contribution is 2.23. The van der Waals surface area contributed by atoms with Gasteiger partial charge in [0.15, 0.2) is 5.84 Å². The summed E-state index contributed by atoms with van der Waals surface area (Å²) in [6, 6.07) is 6.25. The predicted octanol–water partition coefficient (Wildman–Crippen LogP) is 2.71. The van der Waals surface area contributed by atoms with Gasteiger partial charge in [-0.2, -0.15) is 0 Å². The molecule has 0 saturated heterocycles. The standard InChI is InChI=1S/C12H15N3S/c1-9-8-10(2)15(16-3)12(14-9)11-6-4-5-7-13-11/h4-8,10H,1-3H3. The third-order valence-electron chi connectivity index (χ3n) is 2.43. The lowest BCUT2D eigenvalue weighted by Crippen LogP contribution is -2.35. The van der Waals surface area contributed by atoms with Gasteiger partial charge in [-0.1, -0.05) is 18.0 Å². The second kappa shape index (κ2) is 4.70. The molecule has 0 aliphatic carbocycles. The minimum absolute atomic E-state index is 0.351. The summed E-state index contributed by atoms with van der Waals surface area (Å²) >= 11 is 1.68. The Morgan fingerprint density at radius 3 is 2.81 bits per heavy atom. The van der Waals surface area contributed by atoms with Crippen molar-refractivity contribution >= 4 is 17.8 Å². The van der Waals surface area contributed by atoms with E-state index >= 15 is 0 Å². The van der Waals surface area contributed by atoms with Crippen LogP contribution in [-0.4, -0.2) is 27.4 Å². The Balaban J connectivity index is 2.41. The Kier molecular flexibility index (Phi) is 3.29. The fourth-order valence-electron chi connectivity index (χ4n) is 1.78. The van der Waals surface area contributed by atoms with E-state index in [1.807, 2.05) is 25.1 Å². The minimum Gasteiger partial charge on any atom is -0.292 e. The largest absolute Gasteiger partial charge is 0.292 e. The summed E-state index contributed by atoms with van der Waals surface area (Å²) in [5.74, 6) is 0.945. The summed E-state index contributed by atoms with van der Waals surface area (Å²) in [5, 5.41) is 0. The van der Waals surface area contributed by atoms with E-state index in [0.29, 0.717) is 6.04 Å². The van der Waals surface area contributed by atoms with E-state index in [4.69, 9.17) is 0 Å². The van der Waals surface area contributed by atoms with Crippen LogP contribution in [0.2, 0.25) is 0 Å². The van der Waals surface area contributed by atoms with E-state index in [9.17, 15) is 0 Å². The average Bonchev–Trinajstić information content (AvgIpc) is 2.29. The normalized spacial score (nSPS) is 20.4. The molecule has 0 fully saturated rings. The molecule has 0 N–H and O–H groups in total. The maximum absolute atomic E-state index is 4.58. The summed E-state index contributed by atoms with van der Waals surface area (Å²) in [4.78, 5) is 8.93. The number of pyridine rings is 1. The molecule has 84 valence electrons. The second-order valence-electron chi connectivity index (χ2n) is 3.71. The van der Waals surface area contributed by atoms with Crippen LogP contribution in [0.25, 0.3) is 0 Å². The highest BCUT2D eigenvalue weighted by atomic mass is 32.2. The van der Waals surface area contributed by atoms with E-state index in [1.54, 1.807) is 18.1 Å². The molecule has 2 rings (SSSR count). The molecule has 1 aliphatic heterocycles. The fraction of sp³-hybridized carbons (Fsp3) is 0.333. The van der Waals surface area contributed by atoms with Gasteiger partial charge >= 0.3 is 0 Å². The first kappa shape index (κ1) is 11.2. The van der Waals surface area contributed by atoms with Gasteiger partial charge in [-0.15, -0.1) is 0 Å². The lowest BCUT2D eigenvalue weighted by molar-refractivity contribution is 0.585. The quantitative estimate of drug-likeness (QED) is 0.735. The molecule has 2 heterocycles. The van der Waals surface area contributed by atoms with Gasteiger partial charge in [0, 0.05) is 18.1 Å². The SMILES string of the molecule is CSN1C(c2ccccn2)=NC(C)=CC1C. The Bertz CT molecular complexity index is 425. The first-order chi connectivity index (χ1) is 7.72. The number of hydrogen-bond donors (Lipinski definition) is 0. The molecule has 0 radical (unpaired) electrons. The fourth-order valence-corrected chi connectivity index (χ4v) is 2.48. The molecular formula is C12H15N3S. The van der Waals surface area contributed by atoms with E-state index in [-0.39, 0.29) is 0 Å². The van der Waals surface area contributed by atoms with Crippen LogP contribution in [0.5, 0.6) is 0 Å². The Hall–Kier alpha value is -1.29. The molecule has 4 heteroatoms. The summed E-state index contributed by atoms with van der Waals surface area (Å²) < 4.78 is 2.18. The highest BCUT2D eigenvalue weighted by molar-refractivity contribution is 7.96. The molecule has 0 bridgehead atoms. The maximum atomic E-state index is 4.58. The minimum atomic E-state index is 0.351. The molecule has 0 amide bonds. The monoisotopic (exact) mass is 233 g/mol. The number of nitrogens with zero attached hydrogens (tertiary/aromatic N) is 3. The molecule has 16 heavy (non-hydrogen) atoms. The van der Waals surface area contributed by atoms with E-state index in [1.165, 1.54) is 0 Å². The number of aromatic nitrogens is 1. The zero-order valence-electron chi connectivity index (χ0n) is 9.71. The van der Waals surface area contributed by atoms with Crippen molar-refractivity contribution in [3.63, 3.8) is 0 Å². The van der Waals surface area contributed by atoms with Gasteiger partial charge in [0.1, 0.15) is 5.69 Å². The predicted molar refractivity (Wildman–Crippen MR) is 69.3 cm³/mol. The van der Waals surface area contributed by atoms with Crippen LogP contribution in [0.15, 0.2) is 41.2 Å². The molecule has 1 aromatic heterocycles. The third-order valence-corrected chi connectivity index (χ3v) is 3.33. The van der Waals surface area contributed by atoms with Crippen molar-refractivity contribution in [2.24, 2.45) is 4.99 Å². The smallest absolute Gasteiger partial charge is 0.165 e. The Morgan fingerprint density at radius 2 is 2.19 bits per heavy atom. The van der Waals surface area contributed by atoms with Crippen molar-refractivity contribution in [1.82, 2.24) is 9.29 Å². The third kappa shape index (κ3) is 2.11. The number of hydrogen-bond acceptors (Lipinski definition) is 4. The van der Waals surface area contributed by atoms with E-state index < -0.39 is 0 Å². The van der Waals surface area contributed by atoms with Gasteiger partial charge in [0.2, 0.25) is 0 Å². The van der Waals surface area contributed by atoms with Crippen molar-refractivity contribution in [2.45, 2.75) is 19.9 Å². The molecular weight excluding hydrogens is 218 g/mol. The number of amidine groups is 1. The zero-order valence-corrected chi connectivity index (χ0v) is 10.5. The van der Waals surface area contributed by atoms with Crippen molar-refractivity contribution in [1.29, 1.82) is 0 Å². The average molecular weight is 233 g/mol. The van der Waals surface area contributed by atoms with Crippen molar-refractivity contribution in [3.05, 3.63) is 41.9 Å². The number of aliphatic imine (C=N–C) groups is 1. The molecule has 0 spiro atoms. The molecule has 1 atom stereocenters. The van der Waals surface area contributed by atoms with Crippen LogP contribution < -0.4 is 0 Å². The summed E-state index contributed by atoms with van der Waals surface area (Å²) in [5.41, 5.74) is 1.98. The van der Waals surface area contributed by atoms with Gasteiger partial charge in [-0.3, -0.25) is 9.29 Å². The van der Waals surface area contributed by atoms with Crippen LogP contribution in [0, 0.1) is 0 Å². The van der Waals surface area contributed by atoms with Crippen LogP contribution in [0.1, 0.15) is 19.5 Å². The lowest BCUT2D eigenvalue weighted by atomic mass is 10.2. The molecule has 0 aromatic carbocycles. The summed E-state index contributed by atoms with van der Waals surface area (Å²) in [6.45, 7) is 4.19. The molecule has 1 aromatic rings. The molecule has 3 nitrogen and oxygen atoms in total. The first-order valence-corrected chi connectivity index (χ1v) is 6.42. The van der Waals surface area contributed by atoms with Gasteiger partial charge in [0.05, 0.1) is 6.04 Å². The molecule has 1 aliphatic rings. The van der Waals surface area contributed by atoms with Crippen molar-refractivity contribution < 1.29 is 0 Å². The number of rotatable bonds is 2. The first-order valence-electron chi connectivity index (χ1n) is 5.24. The number of allylic oxidation sites excluding steroid dienone is 1. The van der Waals surface area contributed by atoms with Crippen LogP contribution in [0.4, 0.5) is 0 Å². The van der Waals surface area contributed by atoms with Gasteiger partial charge < -0.3 is 0 Å². The van der Waals surface area contributed by atoms with Crippen LogP contribution in [-0.2, 0) is 0 Å². The van der Waals surface area contributed by atoms with Crippen LogP contribution in [0.3, 0.4) is 0 Å². The summed E-state index contributed by atoms with van der Waals surface area (Å²) in [6.07, 6.45) is 6.01. The Morgan fingerprint density at radius 1 is 1.38 bits per heavy atom. The van der Waals surface area contributed by atoms with Crippen molar-refractivity contribution in [3.8, 4) is 0 Å². The van der Waals surface area contributed by atoms with E-state index in [2.05, 4.69) is 33.5 Å².